The van der Waals surface area contributed by atoms with Crippen molar-refractivity contribution in [3.8, 4) is 11.5 Å². The topological polar surface area (TPSA) is 70.3 Å². The van der Waals surface area contributed by atoms with E-state index in [0.29, 0.717) is 5.56 Å². The van der Waals surface area contributed by atoms with Gasteiger partial charge in [0, 0.05) is 30.4 Å². The van der Waals surface area contributed by atoms with E-state index in [1.165, 1.54) is 0 Å². The van der Waals surface area contributed by atoms with Gasteiger partial charge >= 0.3 is 0 Å². The number of aromatic nitrogens is 2. The molecule has 0 radical (unpaired) electrons. The van der Waals surface area contributed by atoms with Gasteiger partial charge in [-0.2, -0.15) is 5.10 Å². The van der Waals surface area contributed by atoms with E-state index in [1.54, 1.807) is 18.2 Å². The maximum Gasteiger partial charge on any atom is 0.124 e. The number of aryl methyl sites for hydroxylation is 1. The first-order chi connectivity index (χ1) is 9.41. The Kier molecular flexibility index (Phi) is 3.99. The number of nitrogens with one attached hydrogen (secondary N) is 1. The molecule has 1 aromatic carbocycles. The van der Waals surface area contributed by atoms with Crippen LogP contribution in [0.1, 0.15) is 42.8 Å². The van der Waals surface area contributed by atoms with Crippen molar-refractivity contribution in [1.82, 2.24) is 15.1 Å². The van der Waals surface area contributed by atoms with Crippen LogP contribution in [0.5, 0.6) is 11.5 Å². The predicted molar refractivity (Wildman–Crippen MR) is 77.7 cm³/mol. The summed E-state index contributed by atoms with van der Waals surface area (Å²) in [5.41, 5.74) is 2.72. The maximum atomic E-state index is 9.89. The summed E-state index contributed by atoms with van der Waals surface area (Å²) in [6.07, 6.45) is 1.84. The molecule has 0 aliphatic carbocycles. The van der Waals surface area contributed by atoms with Gasteiger partial charge in [0.25, 0.3) is 0 Å². The largest absolute Gasteiger partial charge is 0.507 e. The molecule has 2 unspecified atom stereocenters. The Labute approximate surface area is 118 Å². The Hall–Kier alpha value is -2.01. The van der Waals surface area contributed by atoms with Gasteiger partial charge in [0.2, 0.25) is 0 Å². The first-order valence-electron chi connectivity index (χ1n) is 6.67. The van der Waals surface area contributed by atoms with Crippen molar-refractivity contribution >= 4 is 0 Å². The number of nitrogens with zero attached hydrogens (tertiary/aromatic N) is 2. The van der Waals surface area contributed by atoms with E-state index < -0.39 is 0 Å². The number of rotatable bonds is 4. The summed E-state index contributed by atoms with van der Waals surface area (Å²) in [6, 6.07) is 4.67. The lowest BCUT2D eigenvalue weighted by atomic mass is 10.0. The summed E-state index contributed by atoms with van der Waals surface area (Å²) in [4.78, 5) is 0. The van der Waals surface area contributed by atoms with Gasteiger partial charge in [-0.15, -0.1) is 0 Å². The fraction of sp³-hybridized carbons (Fsp3) is 0.400. The molecule has 2 aromatic rings. The summed E-state index contributed by atoms with van der Waals surface area (Å²) in [5, 5.41) is 27.4. The van der Waals surface area contributed by atoms with Crippen molar-refractivity contribution in [2.24, 2.45) is 7.05 Å². The van der Waals surface area contributed by atoms with Crippen LogP contribution in [-0.4, -0.2) is 20.0 Å². The smallest absolute Gasteiger partial charge is 0.124 e. The summed E-state index contributed by atoms with van der Waals surface area (Å²) >= 11 is 0. The predicted octanol–water partition coefficient (Wildman–Crippen LogP) is 2.55. The molecule has 1 aromatic heterocycles. The van der Waals surface area contributed by atoms with Gasteiger partial charge in [0.1, 0.15) is 11.5 Å². The van der Waals surface area contributed by atoms with Crippen LogP contribution in [0.4, 0.5) is 0 Å². The maximum absolute atomic E-state index is 9.89. The van der Waals surface area contributed by atoms with Crippen LogP contribution in [0.25, 0.3) is 0 Å². The minimum atomic E-state index is -0.175. The lowest BCUT2D eigenvalue weighted by Crippen LogP contribution is -2.23. The van der Waals surface area contributed by atoms with Gasteiger partial charge in [0.05, 0.1) is 11.8 Å². The molecule has 20 heavy (non-hydrogen) atoms. The van der Waals surface area contributed by atoms with Gasteiger partial charge in [-0.05, 0) is 32.9 Å². The van der Waals surface area contributed by atoms with E-state index >= 15 is 0 Å². The zero-order valence-corrected chi connectivity index (χ0v) is 12.3. The van der Waals surface area contributed by atoms with Gasteiger partial charge in [-0.1, -0.05) is 6.07 Å². The number of phenols is 2. The van der Waals surface area contributed by atoms with Gasteiger partial charge in [0.15, 0.2) is 0 Å². The standard InChI is InChI=1S/C15H21N3O2/c1-9(12-8-16-18(4)11(12)3)17-10(2)15-13(19)6-5-7-14(15)20/h5-10,17,19-20H,1-4H3. The Balaban J connectivity index is 2.19. The van der Waals surface area contributed by atoms with Crippen LogP contribution >= 0.6 is 0 Å². The van der Waals surface area contributed by atoms with Crippen molar-refractivity contribution in [1.29, 1.82) is 0 Å². The molecular formula is C15H21N3O2. The van der Waals surface area contributed by atoms with Gasteiger partial charge in [-0.3, -0.25) is 4.68 Å². The Morgan fingerprint density at radius 3 is 2.25 bits per heavy atom. The van der Waals surface area contributed by atoms with E-state index in [9.17, 15) is 10.2 Å². The Morgan fingerprint density at radius 1 is 1.15 bits per heavy atom. The van der Waals surface area contributed by atoms with Gasteiger partial charge in [-0.25, -0.2) is 0 Å². The second kappa shape index (κ2) is 5.54. The monoisotopic (exact) mass is 275 g/mol. The number of hydrogen-bond acceptors (Lipinski definition) is 4. The van der Waals surface area contributed by atoms with E-state index in [0.717, 1.165) is 11.3 Å². The number of benzene rings is 1. The fourth-order valence-corrected chi connectivity index (χ4v) is 2.47. The normalized spacial score (nSPS) is 14.2. The van der Waals surface area contributed by atoms with Crippen LogP contribution in [0.3, 0.4) is 0 Å². The van der Waals surface area contributed by atoms with E-state index in [4.69, 9.17) is 0 Å². The molecule has 5 heteroatoms. The molecule has 108 valence electrons. The van der Waals surface area contributed by atoms with Crippen LogP contribution in [0, 0.1) is 6.92 Å². The minimum Gasteiger partial charge on any atom is -0.507 e. The summed E-state index contributed by atoms with van der Waals surface area (Å²) in [5.74, 6) is 0.195. The molecule has 0 bridgehead atoms. The lowest BCUT2D eigenvalue weighted by molar-refractivity contribution is 0.407. The molecule has 5 nitrogen and oxygen atoms in total. The lowest BCUT2D eigenvalue weighted by Gasteiger charge is -2.21. The molecule has 3 N–H and O–H groups in total. The molecule has 0 spiro atoms. The molecule has 0 fully saturated rings. The highest BCUT2D eigenvalue weighted by atomic mass is 16.3. The van der Waals surface area contributed by atoms with Crippen LogP contribution < -0.4 is 5.32 Å². The quantitative estimate of drug-likeness (QED) is 0.802. The third kappa shape index (κ3) is 2.63. The summed E-state index contributed by atoms with van der Waals surface area (Å²) < 4.78 is 1.83. The zero-order chi connectivity index (χ0) is 14.9. The highest BCUT2D eigenvalue weighted by Gasteiger charge is 2.19. The van der Waals surface area contributed by atoms with Crippen molar-refractivity contribution in [2.75, 3.05) is 0 Å². The van der Waals surface area contributed by atoms with Crippen LogP contribution in [0.15, 0.2) is 24.4 Å². The molecule has 0 saturated heterocycles. The molecule has 1 heterocycles. The Morgan fingerprint density at radius 2 is 1.75 bits per heavy atom. The highest BCUT2D eigenvalue weighted by molar-refractivity contribution is 5.45. The van der Waals surface area contributed by atoms with E-state index in [2.05, 4.69) is 10.4 Å². The second-order valence-electron chi connectivity index (χ2n) is 5.13. The molecule has 2 rings (SSSR count). The molecule has 0 amide bonds. The minimum absolute atomic E-state index is 0.0673. The third-order valence-electron chi connectivity index (χ3n) is 3.73. The first-order valence-corrected chi connectivity index (χ1v) is 6.67. The second-order valence-corrected chi connectivity index (χ2v) is 5.13. The highest BCUT2D eigenvalue weighted by Crippen LogP contribution is 2.33. The third-order valence-corrected chi connectivity index (χ3v) is 3.73. The summed E-state index contributed by atoms with van der Waals surface area (Å²) in [7, 11) is 1.91. The van der Waals surface area contributed by atoms with Crippen molar-refractivity contribution in [2.45, 2.75) is 32.9 Å². The molecule has 0 aliphatic heterocycles. The van der Waals surface area contributed by atoms with Crippen LogP contribution in [-0.2, 0) is 7.05 Å². The number of aromatic hydroxyl groups is 2. The van der Waals surface area contributed by atoms with Crippen molar-refractivity contribution in [3.05, 3.63) is 41.2 Å². The van der Waals surface area contributed by atoms with Crippen molar-refractivity contribution in [3.63, 3.8) is 0 Å². The van der Waals surface area contributed by atoms with Crippen molar-refractivity contribution < 1.29 is 10.2 Å². The summed E-state index contributed by atoms with van der Waals surface area (Å²) in [6.45, 7) is 5.97. The fourth-order valence-electron chi connectivity index (χ4n) is 2.47. The number of hydrogen-bond donors (Lipinski definition) is 3. The van der Waals surface area contributed by atoms with Gasteiger partial charge < -0.3 is 15.5 Å². The zero-order valence-electron chi connectivity index (χ0n) is 12.3. The molecular weight excluding hydrogens is 254 g/mol. The average Bonchev–Trinajstić information content (AvgIpc) is 2.69. The van der Waals surface area contributed by atoms with Crippen LogP contribution in [0.2, 0.25) is 0 Å². The van der Waals surface area contributed by atoms with E-state index in [1.807, 2.05) is 38.7 Å². The SMILES string of the molecule is Cc1c(C(C)NC(C)c2c(O)cccc2O)cnn1C. The molecule has 2 atom stereocenters. The van der Waals surface area contributed by atoms with E-state index in [-0.39, 0.29) is 23.6 Å². The molecule has 0 saturated carbocycles. The average molecular weight is 275 g/mol. The Bertz CT molecular complexity index is 587. The number of phenolic OH excluding ortho intramolecular Hbond substituents is 2. The first kappa shape index (κ1) is 14.4. The molecule has 0 aliphatic rings.